The third kappa shape index (κ3) is 1.87. The van der Waals surface area contributed by atoms with Gasteiger partial charge in [-0.1, -0.05) is 24.6 Å². The molecule has 0 N–H and O–H groups in total. The van der Waals surface area contributed by atoms with E-state index in [1.165, 1.54) is 0 Å². The van der Waals surface area contributed by atoms with Crippen LogP contribution >= 0.6 is 11.6 Å². The van der Waals surface area contributed by atoms with Gasteiger partial charge in [0.2, 0.25) is 0 Å². The summed E-state index contributed by atoms with van der Waals surface area (Å²) in [6, 6.07) is 3.95. The van der Waals surface area contributed by atoms with E-state index < -0.39 is 0 Å². The highest BCUT2D eigenvalue weighted by molar-refractivity contribution is 6.36. The summed E-state index contributed by atoms with van der Waals surface area (Å²) in [6.07, 6.45) is 0.893. The Morgan fingerprint density at radius 3 is 2.59 bits per heavy atom. The molecular formula is C14H16ClNO. The van der Waals surface area contributed by atoms with E-state index in [1.54, 1.807) is 7.11 Å². The lowest BCUT2D eigenvalue weighted by molar-refractivity contribution is 0.418. The van der Waals surface area contributed by atoms with Gasteiger partial charge in [0.25, 0.3) is 0 Å². The Bertz CT molecular complexity index is 578. The first-order valence-corrected chi connectivity index (χ1v) is 6.10. The van der Waals surface area contributed by atoms with Crippen LogP contribution in [0.15, 0.2) is 12.1 Å². The highest BCUT2D eigenvalue weighted by atomic mass is 35.5. The molecule has 17 heavy (non-hydrogen) atoms. The molecule has 2 rings (SSSR count). The maximum Gasteiger partial charge on any atom is 0.145 e. The van der Waals surface area contributed by atoms with Crippen LogP contribution in [0.1, 0.15) is 23.7 Å². The van der Waals surface area contributed by atoms with E-state index in [9.17, 15) is 0 Å². The number of rotatable bonds is 2. The topological polar surface area (TPSA) is 22.1 Å². The first-order valence-electron chi connectivity index (χ1n) is 5.72. The number of ether oxygens (including phenoxy) is 1. The Kier molecular flexibility index (Phi) is 3.25. The van der Waals surface area contributed by atoms with Crippen molar-refractivity contribution < 1.29 is 4.74 Å². The predicted octanol–water partition coefficient (Wildman–Crippen LogP) is 4.08. The van der Waals surface area contributed by atoms with E-state index in [4.69, 9.17) is 16.3 Å². The number of halogens is 1. The van der Waals surface area contributed by atoms with E-state index in [1.807, 2.05) is 26.0 Å². The molecule has 3 heteroatoms. The first-order chi connectivity index (χ1) is 8.10. The van der Waals surface area contributed by atoms with Crippen LogP contribution in [0.3, 0.4) is 0 Å². The number of aromatic nitrogens is 1. The van der Waals surface area contributed by atoms with E-state index in [2.05, 4.69) is 11.9 Å². The molecule has 0 unspecified atom stereocenters. The fraction of sp³-hybridized carbons (Fsp3) is 0.357. The van der Waals surface area contributed by atoms with Crippen LogP contribution in [0.5, 0.6) is 5.75 Å². The first kappa shape index (κ1) is 12.2. The average molecular weight is 250 g/mol. The van der Waals surface area contributed by atoms with Gasteiger partial charge in [-0.15, -0.1) is 0 Å². The number of pyridine rings is 1. The van der Waals surface area contributed by atoms with Gasteiger partial charge >= 0.3 is 0 Å². The molecule has 0 saturated carbocycles. The number of benzene rings is 1. The lowest BCUT2D eigenvalue weighted by Gasteiger charge is -2.13. The van der Waals surface area contributed by atoms with Crippen molar-refractivity contribution in [1.29, 1.82) is 0 Å². The fourth-order valence-corrected chi connectivity index (χ4v) is 2.69. The lowest BCUT2D eigenvalue weighted by Crippen LogP contribution is -1.98. The molecule has 1 aromatic carbocycles. The number of aryl methyl sites for hydroxylation is 2. The molecule has 0 spiro atoms. The Morgan fingerprint density at radius 2 is 2.00 bits per heavy atom. The Hall–Kier alpha value is -1.28. The van der Waals surface area contributed by atoms with Crippen LogP contribution in [0.2, 0.25) is 5.02 Å². The minimum atomic E-state index is 0.776. The Labute approximate surface area is 107 Å². The molecule has 90 valence electrons. The van der Waals surface area contributed by atoms with Gasteiger partial charge in [-0.3, -0.25) is 0 Å². The molecule has 0 radical (unpaired) electrons. The molecule has 0 aliphatic heterocycles. The third-order valence-electron chi connectivity index (χ3n) is 3.12. The molecule has 0 aliphatic rings. The molecule has 0 amide bonds. The smallest absolute Gasteiger partial charge is 0.145 e. The van der Waals surface area contributed by atoms with Crippen LogP contribution < -0.4 is 4.74 Å². The molecule has 0 aliphatic carbocycles. The molecule has 0 fully saturated rings. The summed E-state index contributed by atoms with van der Waals surface area (Å²) in [5, 5.41) is 1.82. The second kappa shape index (κ2) is 4.53. The van der Waals surface area contributed by atoms with Crippen molar-refractivity contribution in [3.63, 3.8) is 0 Å². The van der Waals surface area contributed by atoms with Crippen molar-refractivity contribution in [2.75, 3.05) is 7.11 Å². The summed E-state index contributed by atoms with van der Waals surface area (Å²) in [7, 11) is 1.66. The van der Waals surface area contributed by atoms with Gasteiger partial charge in [0.05, 0.1) is 12.1 Å². The van der Waals surface area contributed by atoms with Crippen LogP contribution in [0.4, 0.5) is 0 Å². The summed E-state index contributed by atoms with van der Waals surface area (Å²) in [4.78, 5) is 4.63. The second-order valence-electron chi connectivity index (χ2n) is 4.15. The monoisotopic (exact) mass is 249 g/mol. The summed E-state index contributed by atoms with van der Waals surface area (Å²) in [5.74, 6) is 0.776. The average Bonchev–Trinajstić information content (AvgIpc) is 2.29. The molecule has 2 aromatic rings. The minimum Gasteiger partial charge on any atom is -0.494 e. The van der Waals surface area contributed by atoms with Crippen LogP contribution in [-0.4, -0.2) is 12.1 Å². The number of methoxy groups -OCH3 is 1. The minimum absolute atomic E-state index is 0.776. The number of nitrogens with zero attached hydrogens (tertiary/aromatic N) is 1. The van der Waals surface area contributed by atoms with Crippen molar-refractivity contribution in [2.24, 2.45) is 0 Å². The zero-order chi connectivity index (χ0) is 12.6. The highest BCUT2D eigenvalue weighted by Gasteiger charge is 2.14. The zero-order valence-electron chi connectivity index (χ0n) is 10.6. The van der Waals surface area contributed by atoms with E-state index >= 15 is 0 Å². The maximum atomic E-state index is 6.49. The van der Waals surface area contributed by atoms with Crippen molar-refractivity contribution in [3.8, 4) is 5.75 Å². The zero-order valence-corrected chi connectivity index (χ0v) is 11.4. The van der Waals surface area contributed by atoms with Gasteiger partial charge in [-0.25, -0.2) is 4.98 Å². The van der Waals surface area contributed by atoms with Crippen molar-refractivity contribution >= 4 is 22.5 Å². The third-order valence-corrected chi connectivity index (χ3v) is 3.54. The molecule has 2 nitrogen and oxygen atoms in total. The molecule has 1 aromatic heterocycles. The van der Waals surface area contributed by atoms with Crippen molar-refractivity contribution in [2.45, 2.75) is 27.2 Å². The normalized spacial score (nSPS) is 10.9. The van der Waals surface area contributed by atoms with Crippen molar-refractivity contribution in [3.05, 3.63) is 34.0 Å². The Balaban J connectivity index is 2.94. The van der Waals surface area contributed by atoms with Gasteiger partial charge in [0.15, 0.2) is 0 Å². The van der Waals surface area contributed by atoms with E-state index in [0.29, 0.717) is 0 Å². The van der Waals surface area contributed by atoms with Gasteiger partial charge in [0.1, 0.15) is 11.3 Å². The molecule has 0 saturated heterocycles. The quantitative estimate of drug-likeness (QED) is 0.800. The lowest BCUT2D eigenvalue weighted by atomic mass is 10.0. The van der Waals surface area contributed by atoms with Crippen LogP contribution in [-0.2, 0) is 6.42 Å². The van der Waals surface area contributed by atoms with Gasteiger partial charge < -0.3 is 4.74 Å². The largest absolute Gasteiger partial charge is 0.494 e. The highest BCUT2D eigenvalue weighted by Crippen LogP contribution is 2.35. The van der Waals surface area contributed by atoms with Gasteiger partial charge in [-0.05, 0) is 37.5 Å². The maximum absolute atomic E-state index is 6.49. The number of hydrogen-bond donors (Lipinski definition) is 0. The predicted molar refractivity (Wildman–Crippen MR) is 72.2 cm³/mol. The summed E-state index contributed by atoms with van der Waals surface area (Å²) < 4.78 is 5.34. The Morgan fingerprint density at radius 1 is 1.29 bits per heavy atom. The second-order valence-corrected chi connectivity index (χ2v) is 4.53. The SMILES string of the molecule is CCc1c(C)nc2c(OC)ccc(C)c2c1Cl. The number of hydrogen-bond acceptors (Lipinski definition) is 2. The molecular weight excluding hydrogens is 234 g/mol. The van der Waals surface area contributed by atoms with Crippen LogP contribution in [0.25, 0.3) is 10.9 Å². The molecule has 0 atom stereocenters. The fourth-order valence-electron chi connectivity index (χ4n) is 2.18. The summed E-state index contributed by atoms with van der Waals surface area (Å²) >= 11 is 6.49. The molecule has 1 heterocycles. The molecule has 0 bridgehead atoms. The van der Waals surface area contributed by atoms with Crippen LogP contribution in [0, 0.1) is 13.8 Å². The van der Waals surface area contributed by atoms with E-state index in [-0.39, 0.29) is 0 Å². The van der Waals surface area contributed by atoms with E-state index in [0.717, 1.165) is 44.9 Å². The van der Waals surface area contributed by atoms with Gasteiger partial charge in [-0.2, -0.15) is 0 Å². The summed E-state index contributed by atoms with van der Waals surface area (Å²) in [6.45, 7) is 6.13. The summed E-state index contributed by atoms with van der Waals surface area (Å²) in [5.41, 5.74) is 4.09. The standard InChI is InChI=1S/C14H16ClNO/c1-5-10-9(3)16-14-11(17-4)7-6-8(2)12(14)13(10)15/h6-7H,5H2,1-4H3. The van der Waals surface area contributed by atoms with Crippen molar-refractivity contribution in [1.82, 2.24) is 4.98 Å². The number of fused-ring (bicyclic) bond motifs is 1. The van der Waals surface area contributed by atoms with Gasteiger partial charge in [0, 0.05) is 11.1 Å².